The van der Waals surface area contributed by atoms with E-state index in [9.17, 15) is 0 Å². The van der Waals surface area contributed by atoms with Crippen LogP contribution in [0.5, 0.6) is 5.88 Å². The molecule has 1 aromatic rings. The molecular formula is C13H22N4O3. The van der Waals surface area contributed by atoms with E-state index in [0.29, 0.717) is 43.0 Å². The third-order valence-corrected chi connectivity index (χ3v) is 3.03. The number of methoxy groups -OCH3 is 1. The third-order valence-electron chi connectivity index (χ3n) is 3.03. The van der Waals surface area contributed by atoms with E-state index in [-0.39, 0.29) is 6.10 Å². The van der Waals surface area contributed by atoms with Crippen LogP contribution in [-0.2, 0) is 16.1 Å². The molecule has 0 bridgehead atoms. The van der Waals surface area contributed by atoms with Gasteiger partial charge in [0.2, 0.25) is 5.88 Å². The van der Waals surface area contributed by atoms with E-state index in [0.717, 1.165) is 19.4 Å². The van der Waals surface area contributed by atoms with Crippen molar-refractivity contribution < 1.29 is 14.2 Å². The Hall–Kier alpha value is -1.60. The highest BCUT2D eigenvalue weighted by molar-refractivity contribution is 5.66. The average molecular weight is 282 g/mol. The zero-order valence-electron chi connectivity index (χ0n) is 12.0. The second-order valence-electron chi connectivity index (χ2n) is 4.59. The Kier molecular flexibility index (Phi) is 5.37. The molecule has 1 fully saturated rings. The van der Waals surface area contributed by atoms with Gasteiger partial charge >= 0.3 is 0 Å². The minimum Gasteiger partial charge on any atom is -0.476 e. The van der Waals surface area contributed by atoms with Gasteiger partial charge in [0.1, 0.15) is 12.3 Å². The maximum Gasteiger partial charge on any atom is 0.242 e. The fourth-order valence-electron chi connectivity index (χ4n) is 2.08. The van der Waals surface area contributed by atoms with Crippen LogP contribution in [0.1, 0.15) is 25.6 Å². The van der Waals surface area contributed by atoms with Gasteiger partial charge in [0.25, 0.3) is 0 Å². The molecule has 1 saturated heterocycles. The van der Waals surface area contributed by atoms with Gasteiger partial charge in [0.15, 0.2) is 11.6 Å². The summed E-state index contributed by atoms with van der Waals surface area (Å²) in [6.07, 6.45) is 2.37. The molecule has 7 nitrogen and oxygen atoms in total. The molecule has 1 aliphatic rings. The van der Waals surface area contributed by atoms with Crippen molar-refractivity contribution in [2.24, 2.45) is 0 Å². The Balaban J connectivity index is 2.11. The van der Waals surface area contributed by atoms with Crippen LogP contribution in [0.2, 0.25) is 0 Å². The highest BCUT2D eigenvalue weighted by Crippen LogP contribution is 2.26. The molecule has 3 N–H and O–H groups in total. The first-order valence-electron chi connectivity index (χ1n) is 6.88. The number of aromatic nitrogens is 2. The quantitative estimate of drug-likeness (QED) is 0.776. The number of nitrogen functional groups attached to an aromatic ring is 1. The summed E-state index contributed by atoms with van der Waals surface area (Å²) < 4.78 is 16.1. The second kappa shape index (κ2) is 7.25. The molecule has 1 aromatic heterocycles. The average Bonchev–Trinajstić information content (AvgIpc) is 2.94. The molecule has 0 amide bonds. The lowest BCUT2D eigenvalue weighted by molar-refractivity contribution is 0.120. The summed E-state index contributed by atoms with van der Waals surface area (Å²) in [6, 6.07) is 0. The lowest BCUT2D eigenvalue weighted by atomic mass is 10.2. The lowest BCUT2D eigenvalue weighted by Gasteiger charge is -2.15. The molecule has 1 unspecified atom stereocenters. The molecule has 1 aliphatic heterocycles. The van der Waals surface area contributed by atoms with E-state index in [1.807, 2.05) is 6.92 Å². The summed E-state index contributed by atoms with van der Waals surface area (Å²) >= 11 is 0. The number of nitrogens with one attached hydrogen (secondary N) is 1. The van der Waals surface area contributed by atoms with E-state index in [1.165, 1.54) is 0 Å². The second-order valence-corrected chi connectivity index (χ2v) is 4.59. The van der Waals surface area contributed by atoms with Crippen molar-refractivity contribution in [1.29, 1.82) is 0 Å². The van der Waals surface area contributed by atoms with Crippen LogP contribution in [0, 0.1) is 0 Å². The normalized spacial score (nSPS) is 18.2. The number of hydrogen-bond donors (Lipinski definition) is 2. The van der Waals surface area contributed by atoms with Gasteiger partial charge in [-0.25, -0.2) is 4.98 Å². The number of nitrogens with two attached hydrogens (primary N) is 1. The monoisotopic (exact) mass is 282 g/mol. The molecule has 112 valence electrons. The van der Waals surface area contributed by atoms with E-state index < -0.39 is 0 Å². The van der Waals surface area contributed by atoms with Crippen LogP contribution in [0.25, 0.3) is 0 Å². The lowest BCUT2D eigenvalue weighted by Crippen LogP contribution is -2.20. The zero-order valence-corrected chi connectivity index (χ0v) is 12.0. The Morgan fingerprint density at radius 2 is 2.30 bits per heavy atom. The molecule has 0 saturated carbocycles. The summed E-state index contributed by atoms with van der Waals surface area (Å²) in [5.41, 5.74) is 6.45. The number of ether oxygens (including phenoxy) is 3. The van der Waals surface area contributed by atoms with Crippen molar-refractivity contribution in [3.05, 3.63) is 5.82 Å². The summed E-state index contributed by atoms with van der Waals surface area (Å²) in [4.78, 5) is 8.60. The molecule has 0 radical (unpaired) electrons. The summed E-state index contributed by atoms with van der Waals surface area (Å²) in [6.45, 7) is 4.20. The number of rotatable bonds is 7. The van der Waals surface area contributed by atoms with Gasteiger partial charge in [-0.1, -0.05) is 0 Å². The summed E-state index contributed by atoms with van der Waals surface area (Å²) in [7, 11) is 1.60. The first kappa shape index (κ1) is 14.8. The number of anilines is 2. The third kappa shape index (κ3) is 3.71. The predicted molar refractivity (Wildman–Crippen MR) is 75.8 cm³/mol. The Bertz CT molecular complexity index is 436. The molecule has 1 atom stereocenters. The van der Waals surface area contributed by atoms with Crippen LogP contribution >= 0.6 is 0 Å². The molecular weight excluding hydrogens is 260 g/mol. The van der Waals surface area contributed by atoms with Crippen molar-refractivity contribution in [3.63, 3.8) is 0 Å². The SMILES string of the molecule is CCOc1nc(COC)nc(NCC2CCCO2)c1N. The molecule has 2 heterocycles. The highest BCUT2D eigenvalue weighted by Gasteiger charge is 2.18. The van der Waals surface area contributed by atoms with Gasteiger partial charge in [-0.2, -0.15) is 4.98 Å². The van der Waals surface area contributed by atoms with Gasteiger partial charge in [0, 0.05) is 20.3 Å². The highest BCUT2D eigenvalue weighted by atomic mass is 16.5. The van der Waals surface area contributed by atoms with Crippen molar-refractivity contribution in [3.8, 4) is 5.88 Å². The largest absolute Gasteiger partial charge is 0.476 e. The number of hydrogen-bond acceptors (Lipinski definition) is 7. The molecule has 0 aromatic carbocycles. The molecule has 7 heteroatoms. The fraction of sp³-hybridized carbons (Fsp3) is 0.692. The maximum absolute atomic E-state index is 6.03. The van der Waals surface area contributed by atoms with Crippen molar-refractivity contribution in [1.82, 2.24) is 9.97 Å². The fourth-order valence-corrected chi connectivity index (χ4v) is 2.08. The molecule has 2 rings (SSSR count). The summed E-state index contributed by atoms with van der Waals surface area (Å²) in [5, 5.41) is 3.22. The summed E-state index contributed by atoms with van der Waals surface area (Å²) in [5.74, 6) is 1.51. The van der Waals surface area contributed by atoms with Crippen LogP contribution in [-0.4, -0.2) is 42.9 Å². The van der Waals surface area contributed by atoms with Gasteiger partial charge in [-0.15, -0.1) is 0 Å². The van der Waals surface area contributed by atoms with Crippen LogP contribution in [0.15, 0.2) is 0 Å². The standard InChI is InChI=1S/C13H22N4O3/c1-3-19-13-11(14)12(16-10(17-13)8-18-2)15-7-9-5-4-6-20-9/h9H,3-8,14H2,1-2H3,(H,15,16,17). The Labute approximate surface area is 118 Å². The predicted octanol–water partition coefficient (Wildman–Crippen LogP) is 1.19. The van der Waals surface area contributed by atoms with Gasteiger partial charge < -0.3 is 25.3 Å². The Morgan fingerprint density at radius 1 is 1.45 bits per heavy atom. The van der Waals surface area contributed by atoms with Crippen molar-refractivity contribution >= 4 is 11.5 Å². The molecule has 0 aliphatic carbocycles. The van der Waals surface area contributed by atoms with Crippen LogP contribution in [0.4, 0.5) is 11.5 Å². The van der Waals surface area contributed by atoms with E-state index in [2.05, 4.69) is 15.3 Å². The Morgan fingerprint density at radius 3 is 2.95 bits per heavy atom. The minimum absolute atomic E-state index is 0.214. The van der Waals surface area contributed by atoms with Crippen molar-refractivity contribution in [2.45, 2.75) is 32.5 Å². The maximum atomic E-state index is 6.03. The van der Waals surface area contributed by atoms with E-state index in [1.54, 1.807) is 7.11 Å². The topological polar surface area (TPSA) is 91.5 Å². The smallest absolute Gasteiger partial charge is 0.242 e. The number of nitrogens with zero attached hydrogens (tertiary/aromatic N) is 2. The van der Waals surface area contributed by atoms with Gasteiger partial charge in [-0.3, -0.25) is 0 Å². The van der Waals surface area contributed by atoms with Crippen molar-refractivity contribution in [2.75, 3.05) is 37.9 Å². The minimum atomic E-state index is 0.214. The first-order valence-corrected chi connectivity index (χ1v) is 6.88. The van der Waals surface area contributed by atoms with Gasteiger partial charge in [-0.05, 0) is 19.8 Å². The van der Waals surface area contributed by atoms with Crippen LogP contribution < -0.4 is 15.8 Å². The van der Waals surface area contributed by atoms with E-state index in [4.69, 9.17) is 19.9 Å². The first-order chi connectivity index (χ1) is 9.74. The van der Waals surface area contributed by atoms with Gasteiger partial charge in [0.05, 0.1) is 12.7 Å². The molecule has 20 heavy (non-hydrogen) atoms. The molecule has 0 spiro atoms. The zero-order chi connectivity index (χ0) is 14.4. The van der Waals surface area contributed by atoms with E-state index >= 15 is 0 Å². The van der Waals surface area contributed by atoms with Crippen LogP contribution in [0.3, 0.4) is 0 Å².